The van der Waals surface area contributed by atoms with Crippen LogP contribution in [0.25, 0.3) is 11.3 Å². The van der Waals surface area contributed by atoms with Gasteiger partial charge in [-0.1, -0.05) is 12.1 Å². The predicted octanol–water partition coefficient (Wildman–Crippen LogP) is 1.82. The number of carbonyl (C=O) groups excluding carboxylic acids is 2. The standard InChI is InChI=1S/C16H16FN3O3/c17-12-5-1-3-10(7-12)14-13(19-9-23-14)16(22)20-6-2-4-11(8-20)15(18)21/h1,3,5,7,9,11H,2,4,6,8H2,(H2,18,21)/t11-/m0/s1. The van der Waals surface area contributed by atoms with Crippen molar-refractivity contribution in [2.75, 3.05) is 13.1 Å². The van der Waals surface area contributed by atoms with Crippen molar-refractivity contribution in [1.82, 2.24) is 9.88 Å². The van der Waals surface area contributed by atoms with Gasteiger partial charge in [0.05, 0.1) is 5.92 Å². The summed E-state index contributed by atoms with van der Waals surface area (Å²) in [5.74, 6) is -1.31. The number of halogens is 1. The summed E-state index contributed by atoms with van der Waals surface area (Å²) in [5, 5.41) is 0. The summed E-state index contributed by atoms with van der Waals surface area (Å²) in [5.41, 5.74) is 5.88. The summed E-state index contributed by atoms with van der Waals surface area (Å²) in [6.45, 7) is 0.793. The maximum Gasteiger partial charge on any atom is 0.276 e. The van der Waals surface area contributed by atoms with Gasteiger partial charge in [0, 0.05) is 18.7 Å². The molecule has 0 saturated carbocycles. The van der Waals surface area contributed by atoms with E-state index in [0.29, 0.717) is 24.9 Å². The third-order valence-corrected chi connectivity index (χ3v) is 3.97. The van der Waals surface area contributed by atoms with Gasteiger partial charge < -0.3 is 15.1 Å². The zero-order chi connectivity index (χ0) is 16.4. The van der Waals surface area contributed by atoms with Crippen LogP contribution >= 0.6 is 0 Å². The molecular formula is C16H16FN3O3. The highest BCUT2D eigenvalue weighted by atomic mass is 19.1. The second kappa shape index (κ2) is 6.20. The molecular weight excluding hydrogens is 301 g/mol. The number of oxazole rings is 1. The fourth-order valence-corrected chi connectivity index (χ4v) is 2.78. The zero-order valence-corrected chi connectivity index (χ0v) is 12.4. The van der Waals surface area contributed by atoms with Gasteiger partial charge in [-0.05, 0) is 25.0 Å². The predicted molar refractivity (Wildman–Crippen MR) is 79.7 cm³/mol. The molecule has 1 atom stereocenters. The number of hydrogen-bond donors (Lipinski definition) is 1. The number of hydrogen-bond acceptors (Lipinski definition) is 4. The van der Waals surface area contributed by atoms with Crippen LogP contribution in [0.15, 0.2) is 35.1 Å². The van der Waals surface area contributed by atoms with E-state index in [2.05, 4.69) is 4.98 Å². The van der Waals surface area contributed by atoms with E-state index >= 15 is 0 Å². The second-order valence-electron chi connectivity index (χ2n) is 5.53. The van der Waals surface area contributed by atoms with E-state index in [0.717, 1.165) is 6.39 Å². The maximum absolute atomic E-state index is 13.4. The van der Waals surface area contributed by atoms with Gasteiger partial charge >= 0.3 is 0 Å². The highest BCUT2D eigenvalue weighted by molar-refractivity contribution is 5.98. The topological polar surface area (TPSA) is 89.4 Å². The van der Waals surface area contributed by atoms with Gasteiger partial charge in [0.2, 0.25) is 5.91 Å². The van der Waals surface area contributed by atoms with Crippen LogP contribution in [0.2, 0.25) is 0 Å². The maximum atomic E-state index is 13.4. The zero-order valence-electron chi connectivity index (χ0n) is 12.4. The molecule has 1 fully saturated rings. The van der Waals surface area contributed by atoms with Gasteiger partial charge in [-0.3, -0.25) is 9.59 Å². The van der Waals surface area contributed by atoms with E-state index in [1.807, 2.05) is 0 Å². The van der Waals surface area contributed by atoms with Gasteiger partial charge in [-0.15, -0.1) is 0 Å². The molecule has 0 spiro atoms. The second-order valence-corrected chi connectivity index (χ2v) is 5.53. The number of nitrogens with two attached hydrogens (primary N) is 1. The molecule has 2 amide bonds. The minimum Gasteiger partial charge on any atom is -0.443 e. The molecule has 2 heterocycles. The van der Waals surface area contributed by atoms with Crippen LogP contribution in [-0.4, -0.2) is 34.8 Å². The normalized spacial score (nSPS) is 18.0. The molecule has 7 heteroatoms. The van der Waals surface area contributed by atoms with Crippen LogP contribution in [0.3, 0.4) is 0 Å². The van der Waals surface area contributed by atoms with Crippen molar-refractivity contribution in [1.29, 1.82) is 0 Å². The van der Waals surface area contributed by atoms with Gasteiger partial charge in [0.1, 0.15) is 5.82 Å². The van der Waals surface area contributed by atoms with Crippen molar-refractivity contribution >= 4 is 11.8 Å². The number of rotatable bonds is 3. The molecule has 0 bridgehead atoms. The summed E-state index contributed by atoms with van der Waals surface area (Å²) in [4.78, 5) is 29.5. The smallest absolute Gasteiger partial charge is 0.276 e. The van der Waals surface area contributed by atoms with Gasteiger partial charge in [0.15, 0.2) is 17.8 Å². The van der Waals surface area contributed by atoms with Crippen molar-refractivity contribution in [2.24, 2.45) is 11.7 Å². The minimum absolute atomic E-state index is 0.112. The lowest BCUT2D eigenvalue weighted by Gasteiger charge is -2.30. The van der Waals surface area contributed by atoms with Crippen LogP contribution in [0.1, 0.15) is 23.3 Å². The quantitative estimate of drug-likeness (QED) is 0.935. The lowest BCUT2D eigenvalue weighted by Crippen LogP contribution is -2.44. The molecule has 3 rings (SSSR count). The summed E-state index contributed by atoms with van der Waals surface area (Å²) in [7, 11) is 0. The molecule has 1 aromatic carbocycles. The van der Waals surface area contributed by atoms with Crippen LogP contribution in [0.4, 0.5) is 4.39 Å². The number of aromatic nitrogens is 1. The molecule has 0 radical (unpaired) electrons. The Morgan fingerprint density at radius 3 is 2.96 bits per heavy atom. The summed E-state index contributed by atoms with van der Waals surface area (Å²) >= 11 is 0. The number of primary amides is 1. The third kappa shape index (κ3) is 3.08. The van der Waals surface area contributed by atoms with Crippen molar-refractivity contribution < 1.29 is 18.4 Å². The molecule has 1 saturated heterocycles. The van der Waals surface area contributed by atoms with Crippen LogP contribution in [0, 0.1) is 11.7 Å². The first kappa shape index (κ1) is 15.2. The monoisotopic (exact) mass is 317 g/mol. The molecule has 120 valence electrons. The minimum atomic E-state index is -0.427. The SMILES string of the molecule is NC(=O)[C@H]1CCCN(C(=O)c2ncoc2-c2cccc(F)c2)C1. The third-order valence-electron chi connectivity index (χ3n) is 3.97. The lowest BCUT2D eigenvalue weighted by molar-refractivity contribution is -0.123. The Kier molecular flexibility index (Phi) is 4.10. The highest BCUT2D eigenvalue weighted by Gasteiger charge is 2.30. The molecule has 23 heavy (non-hydrogen) atoms. The largest absolute Gasteiger partial charge is 0.443 e. The number of piperidine rings is 1. The Hall–Kier alpha value is -2.70. The Balaban J connectivity index is 1.86. The van der Waals surface area contributed by atoms with Gasteiger partial charge in [-0.2, -0.15) is 0 Å². The molecule has 2 aromatic rings. The van der Waals surface area contributed by atoms with Gasteiger partial charge in [-0.25, -0.2) is 9.37 Å². The van der Waals surface area contributed by atoms with E-state index in [9.17, 15) is 14.0 Å². The summed E-state index contributed by atoms with van der Waals surface area (Å²) in [6, 6.07) is 5.76. The van der Waals surface area contributed by atoms with Crippen LogP contribution in [-0.2, 0) is 4.79 Å². The first-order valence-electron chi connectivity index (χ1n) is 7.34. The van der Waals surface area contributed by atoms with E-state index in [-0.39, 0.29) is 29.8 Å². The fraction of sp³-hybridized carbons (Fsp3) is 0.312. The number of amides is 2. The van der Waals surface area contributed by atoms with E-state index in [4.69, 9.17) is 10.2 Å². The highest BCUT2D eigenvalue weighted by Crippen LogP contribution is 2.26. The van der Waals surface area contributed by atoms with E-state index in [1.165, 1.54) is 18.2 Å². The molecule has 2 N–H and O–H groups in total. The van der Waals surface area contributed by atoms with Crippen LogP contribution in [0.5, 0.6) is 0 Å². The van der Waals surface area contributed by atoms with E-state index < -0.39 is 11.7 Å². The molecule has 1 aliphatic heterocycles. The number of nitrogens with zero attached hydrogens (tertiary/aromatic N) is 2. The Morgan fingerprint density at radius 2 is 2.22 bits per heavy atom. The summed E-state index contributed by atoms with van der Waals surface area (Å²) < 4.78 is 18.7. The van der Waals surface area contributed by atoms with Crippen molar-refractivity contribution in [3.05, 3.63) is 42.2 Å². The molecule has 0 aliphatic carbocycles. The van der Waals surface area contributed by atoms with Gasteiger partial charge in [0.25, 0.3) is 5.91 Å². The fourth-order valence-electron chi connectivity index (χ4n) is 2.78. The molecule has 1 aromatic heterocycles. The van der Waals surface area contributed by atoms with Crippen molar-refractivity contribution in [2.45, 2.75) is 12.8 Å². The molecule has 1 aliphatic rings. The Morgan fingerprint density at radius 1 is 1.39 bits per heavy atom. The van der Waals surface area contributed by atoms with Crippen molar-refractivity contribution in [3.63, 3.8) is 0 Å². The van der Waals surface area contributed by atoms with E-state index in [1.54, 1.807) is 11.0 Å². The van der Waals surface area contributed by atoms with Crippen molar-refractivity contribution in [3.8, 4) is 11.3 Å². The number of benzene rings is 1. The Bertz CT molecular complexity index is 744. The number of likely N-dealkylation sites (tertiary alicyclic amines) is 1. The first-order chi connectivity index (χ1) is 11.1. The lowest BCUT2D eigenvalue weighted by atomic mass is 9.97. The first-order valence-corrected chi connectivity index (χ1v) is 7.34. The average Bonchev–Trinajstić information content (AvgIpc) is 3.04. The number of carbonyl (C=O) groups is 2. The Labute approximate surface area is 132 Å². The summed E-state index contributed by atoms with van der Waals surface area (Å²) in [6.07, 6.45) is 2.53. The van der Waals surface area contributed by atoms with Crippen LogP contribution < -0.4 is 5.73 Å². The molecule has 6 nitrogen and oxygen atoms in total. The molecule has 0 unspecified atom stereocenters. The average molecular weight is 317 g/mol.